The normalized spacial score (nSPS) is 20.1. The number of carbonyl (C=O) groups is 1. The average molecular weight is 430 g/mol. The van der Waals surface area contributed by atoms with E-state index in [1.165, 1.54) is 11.9 Å². The van der Waals surface area contributed by atoms with Crippen LogP contribution in [-0.4, -0.2) is 37.0 Å². The molecule has 1 fully saturated rings. The van der Waals surface area contributed by atoms with Gasteiger partial charge in [-0.2, -0.15) is 26.3 Å². The lowest BCUT2D eigenvalue weighted by Crippen LogP contribution is -2.49. The minimum absolute atomic E-state index is 0.0219. The van der Waals surface area contributed by atoms with Crippen LogP contribution in [0.4, 0.5) is 26.3 Å². The van der Waals surface area contributed by atoms with Crippen LogP contribution < -0.4 is 5.32 Å². The number of amides is 1. The van der Waals surface area contributed by atoms with Gasteiger partial charge in [0.25, 0.3) is 5.91 Å². The summed E-state index contributed by atoms with van der Waals surface area (Å²) in [4.78, 5) is 14.2. The molecule has 0 radical (unpaired) electrons. The van der Waals surface area contributed by atoms with E-state index < -0.39 is 35.0 Å². The van der Waals surface area contributed by atoms with Crippen LogP contribution in [0.1, 0.15) is 39.4 Å². The van der Waals surface area contributed by atoms with Gasteiger partial charge in [-0.3, -0.25) is 4.79 Å². The predicted molar refractivity (Wildman–Crippen MR) is 99.0 cm³/mol. The van der Waals surface area contributed by atoms with Crippen molar-refractivity contribution in [3.63, 3.8) is 0 Å². The van der Waals surface area contributed by atoms with Crippen LogP contribution in [0.3, 0.4) is 0 Å². The predicted octanol–water partition coefficient (Wildman–Crippen LogP) is 4.94. The summed E-state index contributed by atoms with van der Waals surface area (Å²) in [5.74, 6) is -1.01. The molecule has 2 atom stereocenters. The molecule has 30 heavy (non-hydrogen) atoms. The molecule has 1 heterocycles. The van der Waals surface area contributed by atoms with E-state index in [4.69, 9.17) is 0 Å². The number of nitrogens with one attached hydrogen (secondary N) is 1. The molecule has 162 valence electrons. The van der Waals surface area contributed by atoms with Gasteiger partial charge in [0.05, 0.1) is 11.1 Å². The van der Waals surface area contributed by atoms with Gasteiger partial charge in [0, 0.05) is 31.1 Å². The van der Waals surface area contributed by atoms with Gasteiger partial charge in [0.15, 0.2) is 0 Å². The van der Waals surface area contributed by atoms with Crippen molar-refractivity contribution in [3.05, 3.63) is 70.8 Å². The number of hydrogen-bond donors (Lipinski definition) is 1. The molecule has 0 saturated carbocycles. The van der Waals surface area contributed by atoms with Crippen LogP contribution in [0.15, 0.2) is 48.5 Å². The zero-order valence-corrected chi connectivity index (χ0v) is 16.0. The second-order valence-corrected chi connectivity index (χ2v) is 7.29. The Morgan fingerprint density at radius 3 is 2.07 bits per heavy atom. The SMILES string of the molecule is CN(C(=O)c1cc(C(F)(F)F)cc(C(F)(F)F)c1)[C@@H]1CCNC[C@H]1c1ccccc1. The summed E-state index contributed by atoms with van der Waals surface area (Å²) in [5.41, 5.74) is -2.70. The summed E-state index contributed by atoms with van der Waals surface area (Å²) < 4.78 is 78.8. The van der Waals surface area contributed by atoms with Gasteiger partial charge in [-0.1, -0.05) is 30.3 Å². The Balaban J connectivity index is 1.96. The molecule has 0 aromatic heterocycles. The zero-order chi connectivity index (χ0) is 22.1. The third kappa shape index (κ3) is 4.77. The van der Waals surface area contributed by atoms with Gasteiger partial charge in [0.1, 0.15) is 0 Å². The highest BCUT2D eigenvalue weighted by Crippen LogP contribution is 2.37. The first-order valence-corrected chi connectivity index (χ1v) is 9.31. The Labute approximate surface area is 169 Å². The Morgan fingerprint density at radius 2 is 1.53 bits per heavy atom. The summed E-state index contributed by atoms with van der Waals surface area (Å²) in [6, 6.07) is 9.89. The van der Waals surface area contributed by atoms with E-state index in [-0.39, 0.29) is 18.0 Å². The van der Waals surface area contributed by atoms with Gasteiger partial charge >= 0.3 is 12.4 Å². The van der Waals surface area contributed by atoms with Crippen molar-refractivity contribution in [2.45, 2.75) is 30.7 Å². The smallest absolute Gasteiger partial charge is 0.338 e. The fourth-order valence-corrected chi connectivity index (χ4v) is 3.78. The first-order valence-electron chi connectivity index (χ1n) is 9.31. The van der Waals surface area contributed by atoms with E-state index in [9.17, 15) is 31.1 Å². The van der Waals surface area contributed by atoms with Crippen molar-refractivity contribution in [2.24, 2.45) is 0 Å². The lowest BCUT2D eigenvalue weighted by atomic mass is 9.85. The van der Waals surface area contributed by atoms with Crippen LogP contribution in [-0.2, 0) is 12.4 Å². The lowest BCUT2D eigenvalue weighted by molar-refractivity contribution is -0.143. The van der Waals surface area contributed by atoms with Crippen LogP contribution in [0.5, 0.6) is 0 Å². The summed E-state index contributed by atoms with van der Waals surface area (Å²) in [6.45, 7) is 1.13. The Hall–Kier alpha value is -2.55. The average Bonchev–Trinajstić information content (AvgIpc) is 2.71. The van der Waals surface area contributed by atoms with E-state index in [2.05, 4.69) is 5.32 Å². The topological polar surface area (TPSA) is 32.3 Å². The maximum atomic E-state index is 13.1. The molecule has 0 spiro atoms. The molecular formula is C21H20F6N2O. The number of likely N-dealkylation sites (N-methyl/N-ethyl adjacent to an activating group) is 1. The summed E-state index contributed by atoms with van der Waals surface area (Å²) in [6.07, 6.45) is -9.49. The van der Waals surface area contributed by atoms with Crippen molar-refractivity contribution >= 4 is 5.91 Å². The van der Waals surface area contributed by atoms with Crippen molar-refractivity contribution in [2.75, 3.05) is 20.1 Å². The molecule has 1 aliphatic heterocycles. The van der Waals surface area contributed by atoms with Crippen molar-refractivity contribution in [3.8, 4) is 0 Å². The van der Waals surface area contributed by atoms with Crippen LogP contribution in [0.25, 0.3) is 0 Å². The minimum Gasteiger partial charge on any atom is -0.338 e. The second-order valence-electron chi connectivity index (χ2n) is 7.29. The number of rotatable bonds is 3. The third-order valence-corrected chi connectivity index (χ3v) is 5.33. The highest BCUT2D eigenvalue weighted by atomic mass is 19.4. The molecule has 0 bridgehead atoms. The van der Waals surface area contributed by atoms with Gasteiger partial charge in [-0.15, -0.1) is 0 Å². The first-order chi connectivity index (χ1) is 14.0. The molecule has 1 N–H and O–H groups in total. The number of alkyl halides is 6. The molecule has 9 heteroatoms. The van der Waals surface area contributed by atoms with Gasteiger partial charge < -0.3 is 10.2 Å². The summed E-state index contributed by atoms with van der Waals surface area (Å²) in [7, 11) is 1.42. The molecule has 1 amide bonds. The van der Waals surface area contributed by atoms with E-state index >= 15 is 0 Å². The van der Waals surface area contributed by atoms with E-state index in [1.807, 2.05) is 30.3 Å². The molecule has 0 aliphatic carbocycles. The molecule has 3 rings (SSSR count). The molecule has 3 nitrogen and oxygen atoms in total. The molecule has 1 aliphatic rings. The van der Waals surface area contributed by atoms with Crippen molar-refractivity contribution in [1.82, 2.24) is 10.2 Å². The first kappa shape index (κ1) is 22.1. The molecule has 2 aromatic carbocycles. The number of halogens is 6. The van der Waals surface area contributed by atoms with E-state index in [1.54, 1.807) is 0 Å². The van der Waals surface area contributed by atoms with E-state index in [0.717, 1.165) is 5.56 Å². The number of benzene rings is 2. The fraction of sp³-hybridized carbons (Fsp3) is 0.381. The zero-order valence-electron chi connectivity index (χ0n) is 16.0. The number of carbonyl (C=O) groups excluding carboxylic acids is 1. The monoisotopic (exact) mass is 430 g/mol. The van der Waals surface area contributed by atoms with Crippen molar-refractivity contribution in [1.29, 1.82) is 0 Å². The number of piperidine rings is 1. The quantitative estimate of drug-likeness (QED) is 0.700. The molecule has 2 aromatic rings. The molecule has 1 saturated heterocycles. The fourth-order valence-electron chi connectivity index (χ4n) is 3.78. The van der Waals surface area contributed by atoms with Crippen LogP contribution >= 0.6 is 0 Å². The third-order valence-electron chi connectivity index (χ3n) is 5.33. The summed E-state index contributed by atoms with van der Waals surface area (Å²) in [5, 5.41) is 3.22. The minimum atomic E-state index is -5.00. The number of hydrogen-bond acceptors (Lipinski definition) is 2. The lowest BCUT2D eigenvalue weighted by Gasteiger charge is -2.39. The van der Waals surface area contributed by atoms with Gasteiger partial charge in [-0.05, 0) is 36.7 Å². The summed E-state index contributed by atoms with van der Waals surface area (Å²) >= 11 is 0. The van der Waals surface area contributed by atoms with E-state index in [0.29, 0.717) is 31.6 Å². The van der Waals surface area contributed by atoms with Crippen LogP contribution in [0.2, 0.25) is 0 Å². The Morgan fingerprint density at radius 1 is 0.967 bits per heavy atom. The highest BCUT2D eigenvalue weighted by molar-refractivity contribution is 5.94. The maximum absolute atomic E-state index is 13.1. The van der Waals surface area contributed by atoms with Gasteiger partial charge in [0.2, 0.25) is 0 Å². The Kier molecular flexibility index (Phi) is 6.12. The van der Waals surface area contributed by atoms with Crippen molar-refractivity contribution < 1.29 is 31.1 Å². The molecule has 0 unspecified atom stereocenters. The molecular weight excluding hydrogens is 410 g/mol. The maximum Gasteiger partial charge on any atom is 0.416 e. The number of nitrogens with zero attached hydrogens (tertiary/aromatic N) is 1. The Bertz CT molecular complexity index is 862. The largest absolute Gasteiger partial charge is 0.416 e. The highest BCUT2D eigenvalue weighted by Gasteiger charge is 2.39. The van der Waals surface area contributed by atoms with Crippen LogP contribution in [0, 0.1) is 0 Å². The second kappa shape index (κ2) is 8.29. The van der Waals surface area contributed by atoms with Gasteiger partial charge in [-0.25, -0.2) is 0 Å². The standard InChI is InChI=1S/C21H20F6N2O/c1-29(18-7-8-28-12-17(18)13-5-3-2-4-6-13)19(30)14-9-15(20(22,23)24)11-16(10-14)21(25,26)27/h2-6,9-11,17-18,28H,7-8,12H2,1H3/t17-,18+/m0/s1.